The molecule has 12 heteroatoms. The molecule has 0 fully saturated rings. The Kier molecular flexibility index (Phi) is 8.26. The standard InChI is InChI=1S/C22H15N3O2S.C17H11ClN2O2S/c1-13(25-21(26)15-6-2-3-7-16(15)22(25)27)17-12-14-9-11-28-20(14)24-19(17)18-8-4-5-10-23-18;1-9(13-8-10-6-7-23-15(10)19-14(13)18)20-16(21)11-4-2-3-5-12(11)17(20)22/h2-13H,1H3;2-9H,1H3. The van der Waals surface area contributed by atoms with Crippen molar-refractivity contribution in [2.75, 3.05) is 0 Å². The molecule has 0 N–H and O–H groups in total. The van der Waals surface area contributed by atoms with E-state index in [1.807, 2.05) is 60.1 Å². The van der Waals surface area contributed by atoms with Crippen molar-refractivity contribution in [1.82, 2.24) is 24.8 Å². The molecule has 0 spiro atoms. The lowest BCUT2D eigenvalue weighted by molar-refractivity contribution is 0.0579. The molecule has 2 aliphatic rings. The van der Waals surface area contributed by atoms with Crippen molar-refractivity contribution < 1.29 is 19.2 Å². The van der Waals surface area contributed by atoms with Crippen LogP contribution in [-0.4, -0.2) is 48.4 Å². The average molecular weight is 728 g/mol. The number of carbonyl (C=O) groups excluding carboxylic acids is 4. The minimum Gasteiger partial charge on any atom is -0.269 e. The van der Waals surface area contributed by atoms with Gasteiger partial charge in [0.1, 0.15) is 14.8 Å². The normalized spacial score (nSPS) is 14.9. The molecular formula is C39H26ClN5O4S2. The van der Waals surface area contributed by atoms with Crippen LogP contribution >= 0.6 is 34.3 Å². The van der Waals surface area contributed by atoms with Crippen molar-refractivity contribution in [2.45, 2.75) is 25.9 Å². The third-order valence-electron chi connectivity index (χ3n) is 9.13. The number of nitrogens with zero attached hydrogens (tertiary/aromatic N) is 5. The van der Waals surface area contributed by atoms with Crippen LogP contribution in [0.1, 0.15) is 78.5 Å². The van der Waals surface area contributed by atoms with Crippen molar-refractivity contribution in [3.8, 4) is 11.4 Å². The molecule has 2 atom stereocenters. The van der Waals surface area contributed by atoms with E-state index < -0.39 is 12.1 Å². The Balaban J connectivity index is 0.000000150. The average Bonchev–Trinajstić information content (AvgIpc) is 3.93. The van der Waals surface area contributed by atoms with Crippen LogP contribution in [0.3, 0.4) is 0 Å². The van der Waals surface area contributed by atoms with E-state index in [2.05, 4.69) is 9.97 Å². The number of carbonyl (C=O) groups is 4. The van der Waals surface area contributed by atoms with Gasteiger partial charge >= 0.3 is 0 Å². The van der Waals surface area contributed by atoms with Gasteiger partial charge in [-0.1, -0.05) is 41.9 Å². The van der Waals surface area contributed by atoms with Crippen molar-refractivity contribution >= 4 is 78.3 Å². The summed E-state index contributed by atoms with van der Waals surface area (Å²) >= 11 is 9.34. The second-order valence-electron chi connectivity index (χ2n) is 12.0. The molecule has 2 aliphatic heterocycles. The topological polar surface area (TPSA) is 113 Å². The lowest BCUT2D eigenvalue weighted by Gasteiger charge is -2.24. The fourth-order valence-corrected chi connectivity index (χ4v) is 8.37. The molecule has 4 amide bonds. The molecule has 9 nitrogen and oxygen atoms in total. The number of fused-ring (bicyclic) bond motifs is 4. The summed E-state index contributed by atoms with van der Waals surface area (Å²) < 4.78 is 0. The molecule has 7 aromatic rings. The van der Waals surface area contributed by atoms with Crippen LogP contribution in [0, 0.1) is 0 Å². The molecular weight excluding hydrogens is 702 g/mol. The predicted molar refractivity (Wildman–Crippen MR) is 198 cm³/mol. The minimum absolute atomic E-state index is 0.273. The van der Waals surface area contributed by atoms with Crippen LogP contribution in [0.25, 0.3) is 31.8 Å². The number of aromatic nitrogens is 3. The number of halogens is 1. The second-order valence-corrected chi connectivity index (χ2v) is 14.2. The number of imide groups is 2. The van der Waals surface area contributed by atoms with E-state index in [-0.39, 0.29) is 23.6 Å². The van der Waals surface area contributed by atoms with Gasteiger partial charge in [0, 0.05) is 28.1 Å². The maximum atomic E-state index is 13.0. The Morgan fingerprint density at radius 1 is 0.588 bits per heavy atom. The zero-order chi connectivity index (χ0) is 35.4. The molecule has 0 saturated carbocycles. The van der Waals surface area contributed by atoms with E-state index >= 15 is 0 Å². The molecule has 250 valence electrons. The van der Waals surface area contributed by atoms with Gasteiger partial charge in [-0.15, -0.1) is 22.7 Å². The van der Waals surface area contributed by atoms with Gasteiger partial charge in [-0.2, -0.15) is 0 Å². The van der Waals surface area contributed by atoms with Crippen LogP contribution in [0.4, 0.5) is 0 Å². The highest BCUT2D eigenvalue weighted by molar-refractivity contribution is 7.17. The maximum Gasteiger partial charge on any atom is 0.262 e. The Morgan fingerprint density at radius 2 is 1.04 bits per heavy atom. The molecule has 51 heavy (non-hydrogen) atoms. The van der Waals surface area contributed by atoms with Crippen LogP contribution < -0.4 is 0 Å². The van der Waals surface area contributed by atoms with Crippen molar-refractivity contribution in [2.24, 2.45) is 0 Å². The Hall–Kier alpha value is -5.62. The quantitative estimate of drug-likeness (QED) is 0.128. The van der Waals surface area contributed by atoms with Gasteiger partial charge in [-0.3, -0.25) is 34.0 Å². The molecule has 2 unspecified atom stereocenters. The number of hydrogen-bond donors (Lipinski definition) is 0. The van der Waals surface area contributed by atoms with Crippen molar-refractivity contribution in [3.63, 3.8) is 0 Å². The van der Waals surface area contributed by atoms with E-state index in [1.165, 1.54) is 21.1 Å². The maximum absolute atomic E-state index is 13.0. The number of pyridine rings is 3. The monoisotopic (exact) mass is 727 g/mol. The summed E-state index contributed by atoms with van der Waals surface area (Å²) in [5, 5.41) is 6.19. The second kappa shape index (κ2) is 12.9. The molecule has 0 bridgehead atoms. The SMILES string of the molecule is CC(c1cc2ccsc2nc1-c1ccccn1)N1C(=O)c2ccccc2C1=O.CC(c1cc2ccsc2nc1Cl)N1C(=O)c2ccccc2C1=O. The molecule has 5 aromatic heterocycles. The summed E-state index contributed by atoms with van der Waals surface area (Å²) in [5.41, 5.74) is 4.66. The Bertz CT molecular complexity index is 2480. The first kappa shape index (κ1) is 32.6. The molecule has 0 aliphatic carbocycles. The van der Waals surface area contributed by atoms with E-state index in [9.17, 15) is 19.2 Å². The summed E-state index contributed by atoms with van der Waals surface area (Å²) in [7, 11) is 0. The van der Waals surface area contributed by atoms with Gasteiger partial charge in [0.15, 0.2) is 0 Å². The third kappa shape index (κ3) is 5.50. The van der Waals surface area contributed by atoms with Gasteiger partial charge in [0.05, 0.1) is 45.7 Å². The van der Waals surface area contributed by atoms with Crippen LogP contribution in [-0.2, 0) is 0 Å². The van der Waals surface area contributed by atoms with E-state index in [0.29, 0.717) is 38.7 Å². The Labute approximate surface area is 304 Å². The lowest BCUT2D eigenvalue weighted by Crippen LogP contribution is -2.33. The molecule has 9 rings (SSSR count). The smallest absolute Gasteiger partial charge is 0.262 e. The summed E-state index contributed by atoms with van der Waals surface area (Å²) in [6.07, 6.45) is 1.71. The number of benzene rings is 2. The van der Waals surface area contributed by atoms with Gasteiger partial charge in [0.2, 0.25) is 0 Å². The molecule has 0 radical (unpaired) electrons. The summed E-state index contributed by atoms with van der Waals surface area (Å²) in [4.78, 5) is 69.0. The first-order valence-electron chi connectivity index (χ1n) is 16.0. The summed E-state index contributed by atoms with van der Waals surface area (Å²) in [5.74, 6) is -1.13. The highest BCUT2D eigenvalue weighted by Gasteiger charge is 2.40. The van der Waals surface area contributed by atoms with Crippen LogP contribution in [0.15, 0.2) is 108 Å². The minimum atomic E-state index is -0.480. The fraction of sp³-hybridized carbons (Fsp3) is 0.103. The first-order valence-corrected chi connectivity index (χ1v) is 18.1. The van der Waals surface area contributed by atoms with Gasteiger partial charge in [-0.05, 0) is 85.3 Å². The van der Waals surface area contributed by atoms with Crippen molar-refractivity contribution in [3.05, 3.63) is 146 Å². The number of hydrogen-bond acceptors (Lipinski definition) is 9. The number of rotatable bonds is 5. The molecule has 0 saturated heterocycles. The Morgan fingerprint density at radius 3 is 1.53 bits per heavy atom. The van der Waals surface area contributed by atoms with Crippen LogP contribution in [0.5, 0.6) is 0 Å². The zero-order valence-corrected chi connectivity index (χ0v) is 29.5. The zero-order valence-electron chi connectivity index (χ0n) is 27.1. The van der Waals surface area contributed by atoms with Gasteiger partial charge < -0.3 is 0 Å². The highest BCUT2D eigenvalue weighted by Crippen LogP contribution is 2.38. The number of thiophene rings is 2. The lowest BCUT2D eigenvalue weighted by atomic mass is 10.0. The highest BCUT2D eigenvalue weighted by atomic mass is 35.5. The van der Waals surface area contributed by atoms with Gasteiger partial charge in [0.25, 0.3) is 23.6 Å². The third-order valence-corrected chi connectivity index (χ3v) is 11.1. The summed E-state index contributed by atoms with van der Waals surface area (Å²) in [6, 6.07) is 26.3. The fourth-order valence-electron chi connectivity index (χ4n) is 6.52. The van der Waals surface area contributed by atoms with Crippen molar-refractivity contribution in [1.29, 1.82) is 0 Å². The van der Waals surface area contributed by atoms with Crippen LogP contribution in [0.2, 0.25) is 5.15 Å². The largest absolute Gasteiger partial charge is 0.269 e. The first-order chi connectivity index (χ1) is 24.7. The van der Waals surface area contributed by atoms with E-state index in [0.717, 1.165) is 31.7 Å². The predicted octanol–water partition coefficient (Wildman–Crippen LogP) is 9.02. The molecule has 7 heterocycles. The van der Waals surface area contributed by atoms with Gasteiger partial charge in [-0.25, -0.2) is 9.97 Å². The summed E-state index contributed by atoms with van der Waals surface area (Å²) in [6.45, 7) is 3.66. The van der Waals surface area contributed by atoms with E-state index in [1.54, 1.807) is 73.0 Å². The number of amides is 4. The van der Waals surface area contributed by atoms with E-state index in [4.69, 9.17) is 16.6 Å². The molecule has 2 aromatic carbocycles.